The van der Waals surface area contributed by atoms with Crippen LogP contribution in [0.2, 0.25) is 0 Å². The van der Waals surface area contributed by atoms with Crippen LogP contribution in [-0.4, -0.2) is 54.4 Å². The van der Waals surface area contributed by atoms with Gasteiger partial charge in [0.1, 0.15) is 6.04 Å². The Morgan fingerprint density at radius 1 is 1.04 bits per heavy atom. The van der Waals surface area contributed by atoms with Gasteiger partial charge in [0, 0.05) is 12.2 Å². The van der Waals surface area contributed by atoms with E-state index in [1.165, 1.54) is 51.0 Å². The summed E-state index contributed by atoms with van der Waals surface area (Å²) < 4.78 is 9.55. The normalized spacial score (nSPS) is 11.6. The fraction of sp³-hybridized carbons (Fsp3) is 0.833. The van der Waals surface area contributed by atoms with Crippen molar-refractivity contribution in [2.45, 2.75) is 70.8 Å². The van der Waals surface area contributed by atoms with Crippen molar-refractivity contribution in [3.8, 4) is 0 Å². The maximum atomic E-state index is 11.6. The summed E-state index contributed by atoms with van der Waals surface area (Å²) in [6.45, 7) is 2.53. The number of rotatable bonds is 16. The van der Waals surface area contributed by atoms with E-state index in [-0.39, 0.29) is 11.7 Å². The molecular formula is C18H33NO6S. The average molecular weight is 392 g/mol. The second kappa shape index (κ2) is 17.0. The van der Waals surface area contributed by atoms with E-state index >= 15 is 0 Å². The molecule has 0 heterocycles. The van der Waals surface area contributed by atoms with E-state index in [9.17, 15) is 14.4 Å². The summed E-state index contributed by atoms with van der Waals surface area (Å²) in [5.41, 5.74) is 0. The number of nitrogens with one attached hydrogen (secondary N) is 1. The number of amides is 1. The summed E-state index contributed by atoms with van der Waals surface area (Å²) in [7, 11) is 1.18. The number of alkyl carbamates (subject to hydrolysis) is 1. The van der Waals surface area contributed by atoms with E-state index in [1.54, 1.807) is 0 Å². The Morgan fingerprint density at radius 2 is 1.69 bits per heavy atom. The van der Waals surface area contributed by atoms with Gasteiger partial charge < -0.3 is 19.9 Å². The molecule has 0 aliphatic heterocycles. The molecule has 8 heteroatoms. The number of unbranched alkanes of at least 4 members (excludes halogenated alkanes) is 6. The van der Waals surface area contributed by atoms with Gasteiger partial charge in [0.05, 0.1) is 13.7 Å². The lowest BCUT2D eigenvalue weighted by Gasteiger charge is -2.13. The monoisotopic (exact) mass is 391 g/mol. The molecule has 0 rings (SSSR count). The minimum atomic E-state index is -1.11. The lowest BCUT2D eigenvalue weighted by Crippen LogP contribution is -2.42. The van der Waals surface area contributed by atoms with Gasteiger partial charge in [-0.15, -0.1) is 0 Å². The molecule has 0 aromatic heterocycles. The molecular weight excluding hydrogens is 358 g/mol. The zero-order valence-corrected chi connectivity index (χ0v) is 16.8. The highest BCUT2D eigenvalue weighted by atomic mass is 32.2. The number of carbonyl (C=O) groups is 3. The van der Waals surface area contributed by atoms with Crippen molar-refractivity contribution in [3.63, 3.8) is 0 Å². The Kier molecular flexibility index (Phi) is 16.1. The summed E-state index contributed by atoms with van der Waals surface area (Å²) >= 11 is 1.38. The van der Waals surface area contributed by atoms with Crippen molar-refractivity contribution in [1.29, 1.82) is 0 Å². The number of methoxy groups -OCH3 is 1. The average Bonchev–Trinajstić information content (AvgIpc) is 2.62. The standard InChI is InChI=1S/C18H33NO6S/c1-3-4-5-6-7-8-9-11-16(20)25-12-10-13-26-14-15(17(21)22)19-18(23)24-2/h15H,3-14H2,1-2H3,(H,19,23)(H,21,22). The predicted octanol–water partition coefficient (Wildman–Crippen LogP) is 3.60. The molecule has 0 aromatic rings. The first-order valence-corrected chi connectivity index (χ1v) is 10.5. The topological polar surface area (TPSA) is 102 Å². The summed E-state index contributed by atoms with van der Waals surface area (Å²) in [5, 5.41) is 11.3. The van der Waals surface area contributed by atoms with Gasteiger partial charge in [-0.25, -0.2) is 9.59 Å². The van der Waals surface area contributed by atoms with Crippen molar-refractivity contribution >= 4 is 29.8 Å². The second-order valence-electron chi connectivity index (χ2n) is 6.05. The molecule has 0 radical (unpaired) electrons. The van der Waals surface area contributed by atoms with Crippen molar-refractivity contribution < 1.29 is 29.0 Å². The highest BCUT2D eigenvalue weighted by Crippen LogP contribution is 2.09. The van der Waals surface area contributed by atoms with Gasteiger partial charge in [0.2, 0.25) is 0 Å². The first kappa shape index (κ1) is 24.6. The lowest BCUT2D eigenvalue weighted by atomic mass is 10.1. The van der Waals surface area contributed by atoms with E-state index in [2.05, 4.69) is 17.0 Å². The molecule has 0 spiro atoms. The van der Waals surface area contributed by atoms with Crippen LogP contribution in [0.25, 0.3) is 0 Å². The van der Waals surface area contributed by atoms with Crippen molar-refractivity contribution in [1.82, 2.24) is 5.32 Å². The van der Waals surface area contributed by atoms with Crippen LogP contribution in [0, 0.1) is 0 Å². The smallest absolute Gasteiger partial charge is 0.407 e. The van der Waals surface area contributed by atoms with E-state index < -0.39 is 18.1 Å². The number of hydrogen-bond acceptors (Lipinski definition) is 6. The molecule has 26 heavy (non-hydrogen) atoms. The third-order valence-corrected chi connectivity index (χ3v) is 4.89. The quantitative estimate of drug-likeness (QED) is 0.306. The number of ether oxygens (including phenoxy) is 2. The highest BCUT2D eigenvalue weighted by molar-refractivity contribution is 7.99. The Labute approximate surface area is 160 Å². The molecule has 1 unspecified atom stereocenters. The van der Waals surface area contributed by atoms with E-state index in [4.69, 9.17) is 9.84 Å². The van der Waals surface area contributed by atoms with E-state index in [0.717, 1.165) is 12.8 Å². The lowest BCUT2D eigenvalue weighted by molar-refractivity contribution is -0.143. The fourth-order valence-electron chi connectivity index (χ4n) is 2.22. The van der Waals surface area contributed by atoms with Crippen molar-refractivity contribution in [3.05, 3.63) is 0 Å². The molecule has 0 aliphatic rings. The number of thioether (sulfide) groups is 1. The number of esters is 1. The van der Waals surface area contributed by atoms with Crippen LogP contribution >= 0.6 is 11.8 Å². The maximum Gasteiger partial charge on any atom is 0.407 e. The maximum absolute atomic E-state index is 11.6. The highest BCUT2D eigenvalue weighted by Gasteiger charge is 2.19. The largest absolute Gasteiger partial charge is 0.480 e. The van der Waals surface area contributed by atoms with Crippen LogP contribution in [0.4, 0.5) is 4.79 Å². The van der Waals surface area contributed by atoms with Crippen LogP contribution in [0.3, 0.4) is 0 Å². The number of carboxylic acids is 1. The summed E-state index contributed by atoms with van der Waals surface area (Å²) in [5.74, 6) is -0.392. The molecule has 0 saturated carbocycles. The minimum Gasteiger partial charge on any atom is -0.480 e. The van der Waals surface area contributed by atoms with Crippen molar-refractivity contribution in [2.75, 3.05) is 25.2 Å². The van der Waals surface area contributed by atoms with Gasteiger partial charge in [-0.3, -0.25) is 4.79 Å². The minimum absolute atomic E-state index is 0.167. The van der Waals surface area contributed by atoms with Crippen LogP contribution in [0.1, 0.15) is 64.7 Å². The molecule has 0 bridgehead atoms. The Hall–Kier alpha value is -1.44. The Bertz CT molecular complexity index is 405. The molecule has 2 N–H and O–H groups in total. The van der Waals surface area contributed by atoms with Gasteiger partial charge in [-0.2, -0.15) is 11.8 Å². The van der Waals surface area contributed by atoms with Crippen molar-refractivity contribution in [2.24, 2.45) is 0 Å². The van der Waals surface area contributed by atoms with E-state index in [1.807, 2.05) is 0 Å². The molecule has 152 valence electrons. The third-order valence-electron chi connectivity index (χ3n) is 3.74. The molecule has 1 amide bonds. The van der Waals surface area contributed by atoms with E-state index in [0.29, 0.717) is 25.2 Å². The van der Waals surface area contributed by atoms with Gasteiger partial charge >= 0.3 is 18.0 Å². The molecule has 0 fully saturated rings. The molecule has 7 nitrogen and oxygen atoms in total. The van der Waals surface area contributed by atoms with Gasteiger partial charge in [0.15, 0.2) is 0 Å². The van der Waals surface area contributed by atoms with Gasteiger partial charge in [-0.1, -0.05) is 45.4 Å². The number of aliphatic carboxylic acids is 1. The van der Waals surface area contributed by atoms with Gasteiger partial charge in [-0.05, 0) is 18.6 Å². The molecule has 1 atom stereocenters. The van der Waals surface area contributed by atoms with Crippen LogP contribution in [-0.2, 0) is 19.1 Å². The number of hydrogen-bond donors (Lipinski definition) is 2. The SMILES string of the molecule is CCCCCCCCCC(=O)OCCCSCC(NC(=O)OC)C(=O)O. The third kappa shape index (κ3) is 14.9. The number of carbonyl (C=O) groups excluding carboxylic acids is 2. The van der Waals surface area contributed by atoms with Gasteiger partial charge in [0.25, 0.3) is 0 Å². The Balaban J connectivity index is 3.56. The molecule has 0 saturated heterocycles. The molecule has 0 aliphatic carbocycles. The first-order valence-electron chi connectivity index (χ1n) is 9.31. The summed E-state index contributed by atoms with van der Waals surface area (Å²) in [6.07, 6.45) is 8.50. The summed E-state index contributed by atoms with van der Waals surface area (Å²) in [6, 6.07) is -0.993. The van der Waals surface area contributed by atoms with Crippen LogP contribution in [0.5, 0.6) is 0 Å². The predicted molar refractivity (Wildman–Crippen MR) is 102 cm³/mol. The van der Waals surface area contributed by atoms with Crippen LogP contribution < -0.4 is 5.32 Å². The second-order valence-corrected chi connectivity index (χ2v) is 7.20. The first-order chi connectivity index (χ1) is 12.5. The zero-order valence-electron chi connectivity index (χ0n) is 16.0. The van der Waals surface area contributed by atoms with Crippen LogP contribution in [0.15, 0.2) is 0 Å². The molecule has 0 aromatic carbocycles. The fourth-order valence-corrected chi connectivity index (χ4v) is 3.17. The number of carboxylic acid groups (broad SMARTS) is 1. The summed E-state index contributed by atoms with van der Waals surface area (Å²) in [4.78, 5) is 33.6. The Morgan fingerprint density at radius 3 is 2.31 bits per heavy atom. The zero-order chi connectivity index (χ0) is 19.6.